The summed E-state index contributed by atoms with van der Waals surface area (Å²) in [6, 6.07) is 18.2. The van der Waals surface area contributed by atoms with Gasteiger partial charge in [0.25, 0.3) is 0 Å². The van der Waals surface area contributed by atoms with Gasteiger partial charge >= 0.3 is 0 Å². The molecule has 3 atom stereocenters. The lowest BCUT2D eigenvalue weighted by atomic mass is 9.91. The van der Waals surface area contributed by atoms with Crippen molar-refractivity contribution in [3.8, 4) is 0 Å². The molecular formula is C23H26Cl2N2. The molecule has 1 saturated heterocycles. The van der Waals surface area contributed by atoms with Crippen molar-refractivity contribution in [3.63, 3.8) is 0 Å². The third-order valence-corrected chi connectivity index (χ3v) is 7.34. The number of nitrogens with zero attached hydrogens (tertiary/aromatic N) is 1. The van der Waals surface area contributed by atoms with E-state index in [4.69, 9.17) is 23.2 Å². The van der Waals surface area contributed by atoms with E-state index >= 15 is 0 Å². The van der Waals surface area contributed by atoms with E-state index in [1.807, 2.05) is 24.3 Å². The molecule has 1 aliphatic heterocycles. The summed E-state index contributed by atoms with van der Waals surface area (Å²) in [4.78, 5) is 2.57. The van der Waals surface area contributed by atoms with Crippen molar-refractivity contribution >= 4 is 23.2 Å². The number of rotatable bonds is 5. The standard InChI is InChI=1S/C23H26Cl2N2/c24-19-7-3-16(4-8-19)23(17-5-9-20(25)10-6-17)27-13-21(14-27)26-22-12-15-1-2-18(22)11-15/h3-10,15,18,21-23,26H,1-2,11-14H2/t15-,18+,22-/m0/s1. The molecule has 0 spiro atoms. The number of nitrogens with one attached hydrogen (secondary N) is 1. The summed E-state index contributed by atoms with van der Waals surface area (Å²) >= 11 is 12.2. The zero-order chi connectivity index (χ0) is 18.4. The van der Waals surface area contributed by atoms with Crippen LogP contribution in [0.5, 0.6) is 0 Å². The lowest BCUT2D eigenvalue weighted by molar-refractivity contribution is 0.0803. The van der Waals surface area contributed by atoms with Crippen molar-refractivity contribution in [2.75, 3.05) is 13.1 Å². The molecule has 0 amide bonds. The molecule has 0 unspecified atom stereocenters. The van der Waals surface area contributed by atoms with Crippen molar-refractivity contribution in [3.05, 3.63) is 69.7 Å². The summed E-state index contributed by atoms with van der Waals surface area (Å²) in [7, 11) is 0. The highest BCUT2D eigenvalue weighted by Crippen LogP contribution is 2.45. The van der Waals surface area contributed by atoms with Crippen LogP contribution in [0, 0.1) is 11.8 Å². The fraction of sp³-hybridized carbons (Fsp3) is 0.478. The quantitative estimate of drug-likeness (QED) is 0.707. The minimum Gasteiger partial charge on any atom is -0.308 e. The summed E-state index contributed by atoms with van der Waals surface area (Å²) in [6.07, 6.45) is 5.77. The maximum absolute atomic E-state index is 6.12. The Labute approximate surface area is 171 Å². The van der Waals surface area contributed by atoms with Crippen molar-refractivity contribution in [2.45, 2.75) is 43.8 Å². The zero-order valence-corrected chi connectivity index (χ0v) is 17.0. The fourth-order valence-electron chi connectivity index (χ4n) is 5.48. The second kappa shape index (κ2) is 7.40. The largest absolute Gasteiger partial charge is 0.308 e. The fourth-order valence-corrected chi connectivity index (χ4v) is 5.74. The van der Waals surface area contributed by atoms with Gasteiger partial charge < -0.3 is 5.32 Å². The van der Waals surface area contributed by atoms with Gasteiger partial charge in [-0.2, -0.15) is 0 Å². The third kappa shape index (κ3) is 3.65. The lowest BCUT2D eigenvalue weighted by Gasteiger charge is -2.46. The van der Waals surface area contributed by atoms with Gasteiger partial charge in [-0.15, -0.1) is 0 Å². The van der Waals surface area contributed by atoms with Crippen molar-refractivity contribution in [1.82, 2.24) is 10.2 Å². The van der Waals surface area contributed by atoms with Gasteiger partial charge in [-0.1, -0.05) is 53.9 Å². The summed E-state index contributed by atoms with van der Waals surface area (Å²) in [6.45, 7) is 2.20. The summed E-state index contributed by atoms with van der Waals surface area (Å²) in [5.74, 6) is 1.94. The Morgan fingerprint density at radius 1 is 0.815 bits per heavy atom. The molecule has 2 bridgehead atoms. The number of benzene rings is 2. The average molecular weight is 401 g/mol. The van der Waals surface area contributed by atoms with E-state index in [2.05, 4.69) is 34.5 Å². The Morgan fingerprint density at radius 3 is 1.89 bits per heavy atom. The minimum atomic E-state index is 0.262. The van der Waals surface area contributed by atoms with E-state index in [1.54, 1.807) is 0 Å². The van der Waals surface area contributed by atoms with Gasteiger partial charge in [-0.3, -0.25) is 4.90 Å². The second-order valence-corrected chi connectivity index (χ2v) is 9.48. The van der Waals surface area contributed by atoms with Crippen LogP contribution < -0.4 is 5.32 Å². The first-order valence-electron chi connectivity index (χ1n) is 10.2. The number of fused-ring (bicyclic) bond motifs is 2. The van der Waals surface area contributed by atoms with E-state index < -0.39 is 0 Å². The highest BCUT2D eigenvalue weighted by atomic mass is 35.5. The second-order valence-electron chi connectivity index (χ2n) is 8.60. The Bertz CT molecular complexity index is 738. The number of hydrogen-bond acceptors (Lipinski definition) is 2. The predicted octanol–water partition coefficient (Wildman–Crippen LogP) is 5.55. The highest BCUT2D eigenvalue weighted by molar-refractivity contribution is 6.30. The third-order valence-electron chi connectivity index (χ3n) is 6.83. The van der Waals surface area contributed by atoms with Gasteiger partial charge in [0.2, 0.25) is 0 Å². The van der Waals surface area contributed by atoms with Gasteiger partial charge in [0, 0.05) is 35.2 Å². The zero-order valence-electron chi connectivity index (χ0n) is 15.5. The van der Waals surface area contributed by atoms with Crippen LogP contribution in [0.15, 0.2) is 48.5 Å². The Balaban J connectivity index is 1.30. The van der Waals surface area contributed by atoms with Crippen LogP contribution in [0.2, 0.25) is 10.0 Å². The minimum absolute atomic E-state index is 0.262. The summed E-state index contributed by atoms with van der Waals surface area (Å²) in [5.41, 5.74) is 2.58. The van der Waals surface area contributed by atoms with Crippen LogP contribution in [0.1, 0.15) is 42.9 Å². The van der Waals surface area contributed by atoms with Crippen LogP contribution in [0.25, 0.3) is 0 Å². The Morgan fingerprint density at radius 2 is 1.41 bits per heavy atom. The maximum atomic E-state index is 6.12. The van der Waals surface area contributed by atoms with Gasteiger partial charge in [0.15, 0.2) is 0 Å². The molecule has 2 aromatic carbocycles. The number of hydrogen-bond donors (Lipinski definition) is 1. The molecular weight excluding hydrogens is 375 g/mol. The number of halogens is 2. The predicted molar refractivity (Wildman–Crippen MR) is 112 cm³/mol. The molecule has 0 aromatic heterocycles. The van der Waals surface area contributed by atoms with Gasteiger partial charge in [0.05, 0.1) is 6.04 Å². The topological polar surface area (TPSA) is 15.3 Å². The van der Waals surface area contributed by atoms with E-state index in [9.17, 15) is 0 Å². The molecule has 3 fully saturated rings. The molecule has 5 rings (SSSR count). The van der Waals surface area contributed by atoms with Crippen LogP contribution in [-0.2, 0) is 0 Å². The van der Waals surface area contributed by atoms with Crippen LogP contribution in [0.3, 0.4) is 0 Å². The van der Waals surface area contributed by atoms with Gasteiger partial charge in [-0.25, -0.2) is 0 Å². The first kappa shape index (κ1) is 18.0. The van der Waals surface area contributed by atoms with E-state index in [-0.39, 0.29) is 6.04 Å². The molecule has 2 aliphatic carbocycles. The maximum Gasteiger partial charge on any atom is 0.0602 e. The first-order chi connectivity index (χ1) is 13.2. The molecule has 142 valence electrons. The van der Waals surface area contributed by atoms with E-state index in [0.717, 1.165) is 41.0 Å². The number of likely N-dealkylation sites (tertiary alicyclic amines) is 1. The average Bonchev–Trinajstić information content (AvgIpc) is 3.25. The molecule has 3 aliphatic rings. The Hall–Kier alpha value is -1.06. The molecule has 4 heteroatoms. The van der Waals surface area contributed by atoms with Crippen molar-refractivity contribution in [2.24, 2.45) is 11.8 Å². The molecule has 2 aromatic rings. The molecule has 1 N–H and O–H groups in total. The van der Waals surface area contributed by atoms with Crippen molar-refractivity contribution < 1.29 is 0 Å². The van der Waals surface area contributed by atoms with Crippen LogP contribution in [-0.4, -0.2) is 30.1 Å². The molecule has 27 heavy (non-hydrogen) atoms. The Kier molecular flexibility index (Phi) is 4.94. The van der Waals surface area contributed by atoms with Crippen LogP contribution >= 0.6 is 23.2 Å². The van der Waals surface area contributed by atoms with E-state index in [1.165, 1.54) is 36.8 Å². The SMILES string of the molecule is Clc1ccc(C(c2ccc(Cl)cc2)N2CC(N[C@H]3C[C@H]4CC[C@@H]3C4)C2)cc1. The molecule has 2 nitrogen and oxygen atoms in total. The normalized spacial score (nSPS) is 28.0. The molecule has 0 radical (unpaired) electrons. The molecule has 1 heterocycles. The summed E-state index contributed by atoms with van der Waals surface area (Å²) in [5, 5.41) is 5.54. The van der Waals surface area contributed by atoms with Crippen LogP contribution in [0.4, 0.5) is 0 Å². The molecule has 2 saturated carbocycles. The first-order valence-corrected chi connectivity index (χ1v) is 10.9. The highest BCUT2D eigenvalue weighted by Gasteiger charge is 2.42. The lowest BCUT2D eigenvalue weighted by Crippen LogP contribution is -2.61. The van der Waals surface area contributed by atoms with Gasteiger partial charge in [-0.05, 0) is 66.5 Å². The van der Waals surface area contributed by atoms with E-state index in [0.29, 0.717) is 6.04 Å². The van der Waals surface area contributed by atoms with Gasteiger partial charge in [0.1, 0.15) is 0 Å². The summed E-state index contributed by atoms with van der Waals surface area (Å²) < 4.78 is 0. The smallest absolute Gasteiger partial charge is 0.0602 e. The van der Waals surface area contributed by atoms with Crippen molar-refractivity contribution in [1.29, 1.82) is 0 Å². The monoisotopic (exact) mass is 400 g/mol.